The zero-order valence-corrected chi connectivity index (χ0v) is 13.3. The summed E-state index contributed by atoms with van der Waals surface area (Å²) in [5, 5.41) is 1.23. The topological polar surface area (TPSA) is 52.1 Å². The number of carbonyl (C=O) groups excluding carboxylic acids is 1. The third kappa shape index (κ3) is 3.95. The Morgan fingerprint density at radius 1 is 1.35 bits per heavy atom. The van der Waals surface area contributed by atoms with Crippen LogP contribution in [-0.4, -0.2) is 27.8 Å². The Kier molecular flexibility index (Phi) is 5.40. The van der Waals surface area contributed by atoms with Crippen LogP contribution >= 0.6 is 11.8 Å². The third-order valence-electron chi connectivity index (χ3n) is 3.33. The molecule has 1 atom stereocenters. The van der Waals surface area contributed by atoms with Crippen LogP contribution in [0.25, 0.3) is 0 Å². The lowest BCUT2D eigenvalue weighted by atomic mass is 9.97. The van der Waals surface area contributed by atoms with Crippen LogP contribution in [0.1, 0.15) is 50.2 Å². The standard InChI is InChI=1S/C15H22N2O2S/c1-4-19-14(18)9-10(2)20-15-12-7-5-6-8-13(12)16-11(3)17-15/h10H,4-9H2,1-3H3. The first kappa shape index (κ1) is 15.3. The number of esters is 1. The van der Waals surface area contributed by atoms with Crippen molar-refractivity contribution < 1.29 is 9.53 Å². The number of hydrogen-bond acceptors (Lipinski definition) is 5. The van der Waals surface area contributed by atoms with Gasteiger partial charge in [0.25, 0.3) is 0 Å². The van der Waals surface area contributed by atoms with Crippen LogP contribution in [0.5, 0.6) is 0 Å². The quantitative estimate of drug-likeness (QED) is 0.474. The fourth-order valence-electron chi connectivity index (χ4n) is 2.46. The summed E-state index contributed by atoms with van der Waals surface area (Å²) in [4.78, 5) is 20.7. The number of rotatable bonds is 5. The van der Waals surface area contributed by atoms with Crippen molar-refractivity contribution in [3.05, 3.63) is 17.1 Å². The third-order valence-corrected chi connectivity index (χ3v) is 4.46. The fraction of sp³-hybridized carbons (Fsp3) is 0.667. The molecule has 1 aromatic heterocycles. The van der Waals surface area contributed by atoms with Crippen molar-refractivity contribution in [3.8, 4) is 0 Å². The summed E-state index contributed by atoms with van der Waals surface area (Å²) in [5.74, 6) is 0.698. The molecule has 5 heteroatoms. The zero-order valence-electron chi connectivity index (χ0n) is 12.4. The molecule has 0 bridgehead atoms. The van der Waals surface area contributed by atoms with E-state index >= 15 is 0 Å². The maximum Gasteiger partial charge on any atom is 0.306 e. The molecular formula is C15H22N2O2S. The lowest BCUT2D eigenvalue weighted by Crippen LogP contribution is -2.14. The van der Waals surface area contributed by atoms with Gasteiger partial charge in [-0.1, -0.05) is 6.92 Å². The predicted octanol–water partition coefficient (Wildman–Crippen LogP) is 3.10. The second-order valence-corrected chi connectivity index (χ2v) is 6.57. The van der Waals surface area contributed by atoms with E-state index in [4.69, 9.17) is 4.74 Å². The molecule has 1 aliphatic rings. The summed E-state index contributed by atoms with van der Waals surface area (Å²) in [5.41, 5.74) is 2.50. The van der Waals surface area contributed by atoms with Gasteiger partial charge in [-0.2, -0.15) is 0 Å². The molecule has 4 nitrogen and oxygen atoms in total. The SMILES string of the molecule is CCOC(=O)CC(C)Sc1nc(C)nc2c1CCCC2. The number of ether oxygens (including phenoxy) is 1. The first-order valence-electron chi connectivity index (χ1n) is 7.28. The first-order valence-corrected chi connectivity index (χ1v) is 8.16. The van der Waals surface area contributed by atoms with Crippen LogP contribution in [0.2, 0.25) is 0 Å². The number of thioether (sulfide) groups is 1. The van der Waals surface area contributed by atoms with Gasteiger partial charge in [0.1, 0.15) is 10.9 Å². The zero-order chi connectivity index (χ0) is 14.5. The van der Waals surface area contributed by atoms with Crippen molar-refractivity contribution >= 4 is 17.7 Å². The molecule has 0 saturated carbocycles. The van der Waals surface area contributed by atoms with Crippen LogP contribution in [0.15, 0.2) is 5.03 Å². The van der Waals surface area contributed by atoms with Gasteiger partial charge in [-0.15, -0.1) is 11.8 Å². The molecule has 0 spiro atoms. The van der Waals surface area contributed by atoms with E-state index in [1.54, 1.807) is 11.8 Å². The van der Waals surface area contributed by atoms with Crippen molar-refractivity contribution in [1.82, 2.24) is 9.97 Å². The van der Waals surface area contributed by atoms with Gasteiger partial charge in [0.05, 0.1) is 13.0 Å². The maximum atomic E-state index is 11.5. The predicted molar refractivity (Wildman–Crippen MR) is 80.0 cm³/mol. The number of hydrogen-bond donors (Lipinski definition) is 0. The van der Waals surface area contributed by atoms with Gasteiger partial charge < -0.3 is 4.74 Å². The summed E-state index contributed by atoms with van der Waals surface area (Å²) < 4.78 is 5.00. The molecule has 2 rings (SSSR count). The molecule has 20 heavy (non-hydrogen) atoms. The minimum absolute atomic E-state index is 0.132. The smallest absolute Gasteiger partial charge is 0.306 e. The highest BCUT2D eigenvalue weighted by molar-refractivity contribution is 7.99. The highest BCUT2D eigenvalue weighted by atomic mass is 32.2. The molecule has 0 radical (unpaired) electrons. The van der Waals surface area contributed by atoms with Gasteiger partial charge in [-0.3, -0.25) is 4.79 Å². The fourth-order valence-corrected chi connectivity index (χ4v) is 3.61. The summed E-state index contributed by atoms with van der Waals surface area (Å²) in [6, 6.07) is 0. The number of aryl methyl sites for hydroxylation is 2. The molecule has 1 unspecified atom stereocenters. The van der Waals surface area contributed by atoms with Crippen molar-refractivity contribution in [2.45, 2.75) is 63.2 Å². The van der Waals surface area contributed by atoms with E-state index in [9.17, 15) is 4.79 Å². The molecule has 0 aliphatic heterocycles. The lowest BCUT2D eigenvalue weighted by Gasteiger charge is -2.19. The normalized spacial score (nSPS) is 15.6. The van der Waals surface area contributed by atoms with E-state index in [1.807, 2.05) is 20.8 Å². The number of carbonyl (C=O) groups is 1. The van der Waals surface area contributed by atoms with Crippen LogP contribution in [0.4, 0.5) is 0 Å². The van der Waals surface area contributed by atoms with Gasteiger partial charge in [0, 0.05) is 16.5 Å². The summed E-state index contributed by atoms with van der Waals surface area (Å²) in [6.45, 7) is 6.27. The van der Waals surface area contributed by atoms with E-state index in [0.717, 1.165) is 23.7 Å². The average Bonchev–Trinajstić information content (AvgIpc) is 2.38. The van der Waals surface area contributed by atoms with E-state index in [1.165, 1.54) is 24.1 Å². The summed E-state index contributed by atoms with van der Waals surface area (Å²) in [7, 11) is 0. The molecule has 0 saturated heterocycles. The van der Waals surface area contributed by atoms with Gasteiger partial charge >= 0.3 is 5.97 Å². The van der Waals surface area contributed by atoms with Crippen molar-refractivity contribution in [2.75, 3.05) is 6.61 Å². The van der Waals surface area contributed by atoms with Crippen LogP contribution < -0.4 is 0 Å². The molecule has 1 aromatic rings. The minimum atomic E-state index is -0.132. The number of fused-ring (bicyclic) bond motifs is 1. The first-order chi connectivity index (χ1) is 9.60. The Balaban J connectivity index is 2.08. The Labute approximate surface area is 124 Å². The van der Waals surface area contributed by atoms with Gasteiger partial charge in [0.2, 0.25) is 0 Å². The molecule has 110 valence electrons. The Morgan fingerprint density at radius 3 is 2.85 bits per heavy atom. The molecule has 0 fully saturated rings. The molecular weight excluding hydrogens is 272 g/mol. The maximum absolute atomic E-state index is 11.5. The molecule has 0 aromatic carbocycles. The number of aromatic nitrogens is 2. The van der Waals surface area contributed by atoms with E-state index < -0.39 is 0 Å². The van der Waals surface area contributed by atoms with Crippen LogP contribution in [0.3, 0.4) is 0 Å². The highest BCUT2D eigenvalue weighted by Gasteiger charge is 2.20. The lowest BCUT2D eigenvalue weighted by molar-refractivity contribution is -0.142. The van der Waals surface area contributed by atoms with E-state index in [2.05, 4.69) is 9.97 Å². The molecule has 0 amide bonds. The van der Waals surface area contributed by atoms with Gasteiger partial charge in [-0.25, -0.2) is 9.97 Å². The van der Waals surface area contributed by atoms with E-state index in [0.29, 0.717) is 13.0 Å². The highest BCUT2D eigenvalue weighted by Crippen LogP contribution is 2.32. The van der Waals surface area contributed by atoms with Crippen LogP contribution in [0, 0.1) is 6.92 Å². The van der Waals surface area contributed by atoms with Gasteiger partial charge in [-0.05, 0) is 39.5 Å². The molecule has 1 aliphatic carbocycles. The monoisotopic (exact) mass is 294 g/mol. The number of nitrogens with zero attached hydrogens (tertiary/aromatic N) is 2. The largest absolute Gasteiger partial charge is 0.466 e. The van der Waals surface area contributed by atoms with Crippen molar-refractivity contribution in [1.29, 1.82) is 0 Å². The molecule has 1 heterocycles. The van der Waals surface area contributed by atoms with Gasteiger partial charge in [0.15, 0.2) is 0 Å². The Bertz CT molecular complexity index is 491. The van der Waals surface area contributed by atoms with E-state index in [-0.39, 0.29) is 11.2 Å². The van der Waals surface area contributed by atoms with Crippen molar-refractivity contribution in [3.63, 3.8) is 0 Å². The summed E-state index contributed by atoms with van der Waals surface area (Å²) >= 11 is 1.67. The second kappa shape index (κ2) is 7.07. The second-order valence-electron chi connectivity index (χ2n) is 5.15. The van der Waals surface area contributed by atoms with Crippen molar-refractivity contribution in [2.24, 2.45) is 0 Å². The Hall–Kier alpha value is -1.10. The summed E-state index contributed by atoms with van der Waals surface area (Å²) in [6.07, 6.45) is 4.96. The molecule has 0 N–H and O–H groups in total. The van der Waals surface area contributed by atoms with Crippen LogP contribution in [-0.2, 0) is 22.4 Å². The Morgan fingerprint density at radius 2 is 2.10 bits per heavy atom. The minimum Gasteiger partial charge on any atom is -0.466 e. The average molecular weight is 294 g/mol.